The molecule has 3 aromatic rings. The maximum atomic E-state index is 14.1. The summed E-state index contributed by atoms with van der Waals surface area (Å²) in [5, 5.41) is 0.247. The van der Waals surface area contributed by atoms with E-state index in [9.17, 15) is 19.2 Å². The molecule has 2 aromatic heterocycles. The second-order valence-electron chi connectivity index (χ2n) is 9.14. The number of ketones is 1. The highest BCUT2D eigenvalue weighted by Crippen LogP contribution is 2.54. The molecule has 36 heavy (non-hydrogen) atoms. The molecule has 2 fully saturated rings. The molecular formula is C27H22N2O6S. The summed E-state index contributed by atoms with van der Waals surface area (Å²) in [4.78, 5) is 58.2. The number of carbonyl (C=O) groups excluding carboxylic acids is 4. The molecule has 5 heterocycles. The Morgan fingerprint density at radius 2 is 1.78 bits per heavy atom. The predicted molar refractivity (Wildman–Crippen MR) is 131 cm³/mol. The molecule has 0 aliphatic carbocycles. The van der Waals surface area contributed by atoms with Gasteiger partial charge in [0, 0.05) is 11.1 Å². The molecule has 0 saturated carbocycles. The van der Waals surface area contributed by atoms with Gasteiger partial charge >= 0.3 is 5.97 Å². The van der Waals surface area contributed by atoms with Gasteiger partial charge in [-0.3, -0.25) is 14.4 Å². The van der Waals surface area contributed by atoms with E-state index in [-0.39, 0.29) is 22.1 Å². The topological polar surface area (TPSA) is 97.1 Å². The Morgan fingerprint density at radius 1 is 1.03 bits per heavy atom. The standard InChI is InChI=1S/C27H22N2O6S/c1-13-14(2)36-26(18(13)27(33)34-3)29-24(31)19-20(25(29)32)22(23(30)17-9-6-12-35-17)28-11-10-15-7-4-5-8-16(15)21(19)28/h4-12,19-22H,1-3H3/t19-,20+,21-,22-/m0/s1. The third-order valence-corrected chi connectivity index (χ3v) is 8.65. The summed E-state index contributed by atoms with van der Waals surface area (Å²) in [5.74, 6) is -3.52. The zero-order chi connectivity index (χ0) is 25.3. The first-order valence-electron chi connectivity index (χ1n) is 11.5. The van der Waals surface area contributed by atoms with Crippen molar-refractivity contribution in [3.63, 3.8) is 0 Å². The molecule has 3 aliphatic heterocycles. The number of hydrogen-bond acceptors (Lipinski definition) is 8. The van der Waals surface area contributed by atoms with Crippen LogP contribution in [-0.4, -0.2) is 41.6 Å². The van der Waals surface area contributed by atoms with Gasteiger partial charge in [0.15, 0.2) is 5.76 Å². The quantitative estimate of drug-likeness (QED) is 0.300. The number of hydrogen-bond donors (Lipinski definition) is 0. The van der Waals surface area contributed by atoms with E-state index in [2.05, 4.69) is 0 Å². The summed E-state index contributed by atoms with van der Waals surface area (Å²) < 4.78 is 10.4. The summed E-state index contributed by atoms with van der Waals surface area (Å²) in [6, 6.07) is 9.40. The number of ether oxygens (including phenoxy) is 1. The minimum absolute atomic E-state index is 0.128. The zero-order valence-corrected chi connectivity index (χ0v) is 20.6. The van der Waals surface area contributed by atoms with Crippen molar-refractivity contribution >= 4 is 46.0 Å². The Balaban J connectivity index is 1.52. The van der Waals surface area contributed by atoms with Crippen LogP contribution >= 0.6 is 11.3 Å². The lowest BCUT2D eigenvalue weighted by Gasteiger charge is -2.34. The number of Topliss-reactive ketones (excluding diaryl/α,β-unsaturated/α-hetero) is 1. The van der Waals surface area contributed by atoms with Gasteiger partial charge in [0.2, 0.25) is 17.6 Å². The average Bonchev–Trinajstić information content (AvgIpc) is 3.64. The number of methoxy groups -OCH3 is 1. The van der Waals surface area contributed by atoms with E-state index in [1.54, 1.807) is 25.3 Å². The number of benzene rings is 1. The monoisotopic (exact) mass is 502 g/mol. The first-order chi connectivity index (χ1) is 17.3. The second kappa shape index (κ2) is 8.03. The fourth-order valence-electron chi connectivity index (χ4n) is 5.73. The molecule has 4 atom stereocenters. The van der Waals surface area contributed by atoms with E-state index in [4.69, 9.17) is 9.15 Å². The lowest BCUT2D eigenvalue weighted by Crippen LogP contribution is -2.44. The molecule has 0 bridgehead atoms. The Morgan fingerprint density at radius 3 is 2.50 bits per heavy atom. The van der Waals surface area contributed by atoms with Crippen LogP contribution < -0.4 is 4.90 Å². The number of nitrogens with zero attached hydrogens (tertiary/aromatic N) is 2. The van der Waals surface area contributed by atoms with Crippen LogP contribution in [0.1, 0.15) is 48.5 Å². The highest BCUT2D eigenvalue weighted by Gasteiger charge is 2.65. The molecule has 3 aliphatic rings. The van der Waals surface area contributed by atoms with E-state index in [1.165, 1.54) is 24.7 Å². The molecule has 2 saturated heterocycles. The number of esters is 1. The van der Waals surface area contributed by atoms with E-state index in [0.29, 0.717) is 5.56 Å². The molecule has 182 valence electrons. The van der Waals surface area contributed by atoms with Crippen LogP contribution in [-0.2, 0) is 14.3 Å². The molecule has 6 rings (SSSR count). The van der Waals surface area contributed by atoms with Crippen molar-refractivity contribution in [2.75, 3.05) is 12.0 Å². The van der Waals surface area contributed by atoms with Crippen LogP contribution in [0.15, 0.2) is 53.3 Å². The number of thiophene rings is 1. The van der Waals surface area contributed by atoms with Crippen LogP contribution in [0.5, 0.6) is 0 Å². The summed E-state index contributed by atoms with van der Waals surface area (Å²) in [6.07, 6.45) is 5.09. The highest BCUT2D eigenvalue weighted by atomic mass is 32.1. The van der Waals surface area contributed by atoms with Crippen molar-refractivity contribution in [1.82, 2.24) is 4.90 Å². The summed E-state index contributed by atoms with van der Waals surface area (Å²) in [7, 11) is 1.27. The Hall–Kier alpha value is -3.98. The van der Waals surface area contributed by atoms with Crippen molar-refractivity contribution in [3.8, 4) is 0 Å². The van der Waals surface area contributed by atoms with Gasteiger partial charge in [-0.15, -0.1) is 11.3 Å². The molecule has 0 radical (unpaired) electrons. The number of rotatable bonds is 4. The van der Waals surface area contributed by atoms with Crippen molar-refractivity contribution in [2.45, 2.75) is 25.9 Å². The van der Waals surface area contributed by atoms with Gasteiger partial charge in [-0.2, -0.15) is 0 Å². The summed E-state index contributed by atoms with van der Waals surface area (Å²) in [6.45, 7) is 3.59. The van der Waals surface area contributed by atoms with E-state index in [0.717, 1.165) is 20.9 Å². The summed E-state index contributed by atoms with van der Waals surface area (Å²) in [5.41, 5.74) is 2.67. The number of carbonyl (C=O) groups is 4. The lowest BCUT2D eigenvalue weighted by molar-refractivity contribution is -0.123. The lowest BCUT2D eigenvalue weighted by atomic mass is 9.84. The van der Waals surface area contributed by atoms with Gasteiger partial charge in [-0.05, 0) is 48.7 Å². The minimum Gasteiger partial charge on any atom is -0.465 e. The highest BCUT2D eigenvalue weighted by molar-refractivity contribution is 7.17. The number of aryl methyl sites for hydroxylation is 1. The van der Waals surface area contributed by atoms with E-state index in [1.807, 2.05) is 42.2 Å². The molecule has 8 nitrogen and oxygen atoms in total. The van der Waals surface area contributed by atoms with Crippen LogP contribution in [0.25, 0.3) is 6.08 Å². The SMILES string of the molecule is COC(=O)c1c(N2C(=O)[C@@H]3[C@H](C2=O)[C@@H]2c4ccccc4C=CN2[C@@H]3C(=O)c2ccco2)sc(C)c1C. The molecule has 1 aromatic carbocycles. The third-order valence-electron chi connectivity index (χ3n) is 7.45. The van der Waals surface area contributed by atoms with Gasteiger partial charge in [-0.1, -0.05) is 24.3 Å². The zero-order valence-electron chi connectivity index (χ0n) is 19.8. The molecular weight excluding hydrogens is 480 g/mol. The second-order valence-corrected chi connectivity index (χ2v) is 10.3. The van der Waals surface area contributed by atoms with Gasteiger partial charge in [0.25, 0.3) is 0 Å². The van der Waals surface area contributed by atoms with Crippen molar-refractivity contribution in [2.24, 2.45) is 11.8 Å². The van der Waals surface area contributed by atoms with Crippen molar-refractivity contribution < 1.29 is 28.3 Å². The molecule has 0 unspecified atom stereocenters. The largest absolute Gasteiger partial charge is 0.465 e. The predicted octanol–water partition coefficient (Wildman–Crippen LogP) is 4.14. The van der Waals surface area contributed by atoms with Crippen molar-refractivity contribution in [1.29, 1.82) is 0 Å². The number of fused-ring (bicyclic) bond motifs is 5. The number of furan rings is 1. The van der Waals surface area contributed by atoms with E-state index < -0.39 is 41.7 Å². The number of amides is 2. The number of imide groups is 1. The summed E-state index contributed by atoms with van der Waals surface area (Å²) >= 11 is 1.20. The Labute approximate surface area is 210 Å². The molecule has 0 N–H and O–H groups in total. The van der Waals surface area contributed by atoms with Crippen LogP contribution in [0.2, 0.25) is 0 Å². The fourth-order valence-corrected chi connectivity index (χ4v) is 6.89. The maximum Gasteiger partial charge on any atom is 0.341 e. The molecule has 9 heteroatoms. The van der Waals surface area contributed by atoms with E-state index >= 15 is 0 Å². The van der Waals surface area contributed by atoms with Gasteiger partial charge in [0.1, 0.15) is 11.0 Å². The van der Waals surface area contributed by atoms with Crippen LogP contribution in [0.3, 0.4) is 0 Å². The average molecular weight is 503 g/mol. The van der Waals surface area contributed by atoms with Gasteiger partial charge < -0.3 is 14.1 Å². The fraction of sp³-hybridized carbons (Fsp3) is 0.259. The minimum atomic E-state index is -0.941. The Kier molecular flexibility index (Phi) is 5.01. The Bertz CT molecular complexity index is 1470. The van der Waals surface area contributed by atoms with Crippen LogP contribution in [0.4, 0.5) is 5.00 Å². The smallest absolute Gasteiger partial charge is 0.341 e. The van der Waals surface area contributed by atoms with Gasteiger partial charge in [-0.25, -0.2) is 9.69 Å². The van der Waals surface area contributed by atoms with Crippen molar-refractivity contribution in [3.05, 3.63) is 81.8 Å². The third kappa shape index (κ3) is 2.92. The first kappa shape index (κ1) is 22.5. The number of anilines is 1. The maximum absolute atomic E-state index is 14.1. The van der Waals surface area contributed by atoms with Gasteiger partial charge in [0.05, 0.1) is 36.8 Å². The molecule has 2 amide bonds. The molecule has 0 spiro atoms. The van der Waals surface area contributed by atoms with Crippen LogP contribution in [0, 0.1) is 25.7 Å². The first-order valence-corrected chi connectivity index (χ1v) is 12.3. The normalized spacial score (nSPS) is 24.1.